The Labute approximate surface area is 149 Å². The first-order chi connectivity index (χ1) is 9.83. The molecule has 1 radical (unpaired) electrons. The van der Waals surface area contributed by atoms with Crippen molar-refractivity contribution < 1.29 is 47.1 Å². The number of aliphatic hydroxyl groups is 2. The van der Waals surface area contributed by atoms with E-state index in [-0.39, 0.29) is 42.4 Å². The number of hydrogen-bond donors (Lipinski definition) is 4. The molecule has 0 amide bonds. The maximum Gasteiger partial charge on any atom is 2.00 e. The number of carbonyl (C=O) groups excluding carboxylic acids is 2. The van der Waals surface area contributed by atoms with Crippen LogP contribution in [0.25, 0.3) is 0 Å². The van der Waals surface area contributed by atoms with Gasteiger partial charge in [-0.05, 0) is 25.7 Å². The second-order valence-corrected chi connectivity index (χ2v) is 5.16. The Bertz CT molecular complexity index is 232. The molecule has 2 atom stereocenters. The Balaban J connectivity index is -0.0000000639. The summed E-state index contributed by atoms with van der Waals surface area (Å²) in [6.07, 6.45) is 0. The molecule has 0 heterocycles. The smallest absolute Gasteiger partial charge is 0.550 e. The third-order valence-electron chi connectivity index (χ3n) is 2.13. The minimum Gasteiger partial charge on any atom is -0.550 e. The van der Waals surface area contributed by atoms with E-state index in [0.717, 1.165) is 13.8 Å². The van der Waals surface area contributed by atoms with E-state index in [1.165, 1.54) is 0 Å². The van der Waals surface area contributed by atoms with Gasteiger partial charge >= 0.3 is 17.1 Å². The zero-order valence-electron chi connectivity index (χ0n) is 14.7. The van der Waals surface area contributed by atoms with Crippen LogP contribution in [0, 0.1) is 11.8 Å². The summed E-state index contributed by atoms with van der Waals surface area (Å²) in [6.45, 7) is 10.1. The van der Waals surface area contributed by atoms with E-state index in [0.29, 0.717) is 11.8 Å². The molecule has 0 saturated heterocycles. The fourth-order valence-electron chi connectivity index (χ4n) is 0.422. The molecule has 0 rings (SSSR count). The van der Waals surface area contributed by atoms with Gasteiger partial charge in [-0.15, -0.1) is 0 Å². The van der Waals surface area contributed by atoms with Gasteiger partial charge in [0, 0.05) is 24.0 Å². The summed E-state index contributed by atoms with van der Waals surface area (Å²) in [7, 11) is 0. The fourth-order valence-corrected chi connectivity index (χ4v) is 0.422. The first kappa shape index (κ1) is 33.8. The van der Waals surface area contributed by atoms with Gasteiger partial charge < -0.3 is 41.5 Å². The number of carbonyl (C=O) groups is 2. The van der Waals surface area contributed by atoms with Gasteiger partial charge in [-0.2, -0.15) is 0 Å². The number of hydrogen-bond acceptors (Lipinski definition) is 8. The Morgan fingerprint density at radius 1 is 0.826 bits per heavy atom. The number of aliphatic hydroxyl groups excluding tert-OH is 2. The Morgan fingerprint density at radius 3 is 0.957 bits per heavy atom. The van der Waals surface area contributed by atoms with Crippen LogP contribution in [-0.2, 0) is 26.7 Å². The molecule has 0 fully saturated rings. The van der Waals surface area contributed by atoms with Gasteiger partial charge in [0.25, 0.3) is 0 Å². The predicted molar refractivity (Wildman–Crippen MR) is 81.2 cm³/mol. The van der Waals surface area contributed by atoms with E-state index in [1.54, 1.807) is 0 Å². The van der Waals surface area contributed by atoms with Crippen molar-refractivity contribution in [1.29, 1.82) is 0 Å². The van der Waals surface area contributed by atoms with Crippen LogP contribution in [0.4, 0.5) is 0 Å². The second kappa shape index (κ2) is 23.6. The quantitative estimate of drug-likeness (QED) is 0.381. The standard InChI is InChI=1S/2C5H13NO.2C2H4O2.Cu/c2*1-4(2)5(6)3-7;2*1-2(3)4;/h2*4-5,7H,3,6H2,1-2H3;2*1H3,(H,3,4);/q;;;;+2/p-2/t2*5-;;;/m11.../s1. The van der Waals surface area contributed by atoms with Crippen LogP contribution in [0.5, 0.6) is 0 Å². The normalized spacial score (nSPS) is 11.3. The summed E-state index contributed by atoms with van der Waals surface area (Å²) in [5.74, 6) is -1.38. The molecule has 8 nitrogen and oxygen atoms in total. The SMILES string of the molecule is CC(=O)[O-].CC(=O)[O-].CC(C)[C@H](N)CO.CC(C)[C@H](N)CO.[Cu+2]. The topological polar surface area (TPSA) is 173 Å². The average molecular weight is 388 g/mol. The molecule has 6 N–H and O–H groups in total. The number of aliphatic carboxylic acids is 2. The first-order valence-corrected chi connectivity index (χ1v) is 6.91. The molecule has 9 heteroatoms. The Morgan fingerprint density at radius 2 is 0.957 bits per heavy atom. The Hall–Kier alpha value is -0.701. The van der Waals surface area contributed by atoms with Crippen molar-refractivity contribution in [3.05, 3.63) is 0 Å². The summed E-state index contributed by atoms with van der Waals surface area (Å²) in [6, 6.07) is -0.0833. The van der Waals surface area contributed by atoms with Crippen LogP contribution in [0.3, 0.4) is 0 Å². The summed E-state index contributed by atoms with van der Waals surface area (Å²) in [4.78, 5) is 17.8. The second-order valence-electron chi connectivity index (χ2n) is 5.16. The summed E-state index contributed by atoms with van der Waals surface area (Å²) < 4.78 is 0. The Kier molecular flexibility index (Phi) is 34.6. The molecule has 0 saturated carbocycles. The number of nitrogens with two attached hydrogens (primary N) is 2. The van der Waals surface area contributed by atoms with Gasteiger partial charge in [0.05, 0.1) is 13.2 Å². The van der Waals surface area contributed by atoms with Gasteiger partial charge in [-0.25, -0.2) is 0 Å². The van der Waals surface area contributed by atoms with E-state index in [9.17, 15) is 0 Å². The molecule has 0 aromatic heterocycles. The summed E-state index contributed by atoms with van der Waals surface area (Å²) in [5, 5.41) is 34.5. The van der Waals surface area contributed by atoms with E-state index in [1.807, 2.05) is 27.7 Å². The van der Waals surface area contributed by atoms with Gasteiger partial charge in [0.1, 0.15) is 0 Å². The van der Waals surface area contributed by atoms with Gasteiger partial charge in [0.2, 0.25) is 0 Å². The van der Waals surface area contributed by atoms with E-state index < -0.39 is 11.9 Å². The molecule has 0 aliphatic carbocycles. The van der Waals surface area contributed by atoms with E-state index in [2.05, 4.69) is 0 Å². The molecule has 0 aliphatic rings. The van der Waals surface area contributed by atoms with Crippen molar-refractivity contribution >= 4 is 11.9 Å². The van der Waals surface area contributed by atoms with E-state index in [4.69, 9.17) is 41.5 Å². The molecule has 145 valence electrons. The minimum atomic E-state index is -1.08. The van der Waals surface area contributed by atoms with Crippen molar-refractivity contribution in [1.82, 2.24) is 0 Å². The largest absolute Gasteiger partial charge is 2.00 e. The van der Waals surface area contributed by atoms with Crippen LogP contribution in [-0.4, -0.2) is 47.4 Å². The average Bonchev–Trinajstić information content (AvgIpc) is 2.35. The van der Waals surface area contributed by atoms with Crippen LogP contribution in [0.2, 0.25) is 0 Å². The summed E-state index contributed by atoms with van der Waals surface area (Å²) in [5.41, 5.74) is 10.7. The zero-order chi connectivity index (χ0) is 18.9. The third kappa shape index (κ3) is 62.1. The molecule has 0 bridgehead atoms. The number of carboxylic acid groups (broad SMARTS) is 2. The van der Waals surface area contributed by atoms with Crippen LogP contribution >= 0.6 is 0 Å². The van der Waals surface area contributed by atoms with Crippen molar-refractivity contribution in [3.63, 3.8) is 0 Å². The van der Waals surface area contributed by atoms with Crippen molar-refractivity contribution in [2.45, 2.75) is 53.6 Å². The molecule has 23 heavy (non-hydrogen) atoms. The van der Waals surface area contributed by atoms with Gasteiger partial charge in [0.15, 0.2) is 0 Å². The zero-order valence-corrected chi connectivity index (χ0v) is 15.6. The van der Waals surface area contributed by atoms with Crippen molar-refractivity contribution in [3.8, 4) is 0 Å². The number of carboxylic acids is 2. The van der Waals surface area contributed by atoms with Crippen LogP contribution < -0.4 is 21.7 Å². The molecule has 0 aliphatic heterocycles. The molecule has 0 aromatic carbocycles. The third-order valence-corrected chi connectivity index (χ3v) is 2.13. The van der Waals surface area contributed by atoms with Crippen molar-refractivity contribution in [2.75, 3.05) is 13.2 Å². The molecular formula is C14H32CuN2O6. The maximum atomic E-state index is 8.89. The summed E-state index contributed by atoms with van der Waals surface area (Å²) >= 11 is 0. The fraction of sp³-hybridized carbons (Fsp3) is 0.857. The van der Waals surface area contributed by atoms with Crippen molar-refractivity contribution in [2.24, 2.45) is 23.3 Å². The predicted octanol–water partition coefficient (Wildman–Crippen LogP) is -2.57. The minimum absolute atomic E-state index is 0. The number of rotatable bonds is 4. The molecule has 0 spiro atoms. The molecular weight excluding hydrogens is 356 g/mol. The van der Waals surface area contributed by atoms with Crippen LogP contribution in [0.1, 0.15) is 41.5 Å². The molecule has 0 unspecified atom stereocenters. The van der Waals surface area contributed by atoms with Crippen LogP contribution in [0.15, 0.2) is 0 Å². The van der Waals surface area contributed by atoms with E-state index >= 15 is 0 Å². The maximum absolute atomic E-state index is 8.89. The monoisotopic (exact) mass is 387 g/mol. The van der Waals surface area contributed by atoms with Gasteiger partial charge in [-0.1, -0.05) is 27.7 Å². The molecule has 0 aromatic rings. The first-order valence-electron chi connectivity index (χ1n) is 6.91. The van der Waals surface area contributed by atoms with Gasteiger partial charge in [-0.3, -0.25) is 0 Å².